The Labute approximate surface area is 121 Å². The molecule has 2 N–H and O–H groups in total. The second kappa shape index (κ2) is 6.31. The van der Waals surface area contributed by atoms with Gasteiger partial charge in [-0.2, -0.15) is 0 Å². The Hall–Kier alpha value is -0.810. The van der Waals surface area contributed by atoms with E-state index in [2.05, 4.69) is 17.6 Å². The van der Waals surface area contributed by atoms with Gasteiger partial charge >= 0.3 is 6.09 Å². The lowest BCUT2D eigenvalue weighted by Gasteiger charge is -2.29. The number of hydrogen-bond donors (Lipinski definition) is 2. The molecule has 116 valence electrons. The van der Waals surface area contributed by atoms with Crippen LogP contribution in [0.5, 0.6) is 0 Å². The Morgan fingerprint density at radius 2 is 2.05 bits per heavy atom. The van der Waals surface area contributed by atoms with Gasteiger partial charge in [0.2, 0.25) is 0 Å². The molecule has 1 aliphatic carbocycles. The van der Waals surface area contributed by atoms with Crippen molar-refractivity contribution in [2.75, 3.05) is 6.61 Å². The molecule has 1 heterocycles. The fourth-order valence-corrected chi connectivity index (χ4v) is 2.62. The average Bonchev–Trinajstić information content (AvgIpc) is 3.04. The van der Waals surface area contributed by atoms with Gasteiger partial charge in [-0.15, -0.1) is 0 Å². The third-order valence-electron chi connectivity index (χ3n) is 3.76. The zero-order valence-corrected chi connectivity index (χ0v) is 13.1. The van der Waals surface area contributed by atoms with Crippen LogP contribution < -0.4 is 10.6 Å². The summed E-state index contributed by atoms with van der Waals surface area (Å²) in [6, 6.07) is 1.13. The molecule has 2 rings (SSSR count). The van der Waals surface area contributed by atoms with Crippen LogP contribution in [0.2, 0.25) is 0 Å². The van der Waals surface area contributed by atoms with Gasteiger partial charge in [0.25, 0.3) is 0 Å². The van der Waals surface area contributed by atoms with Crippen LogP contribution in [0.3, 0.4) is 0 Å². The summed E-state index contributed by atoms with van der Waals surface area (Å²) in [6.45, 7) is 8.64. The van der Waals surface area contributed by atoms with E-state index in [4.69, 9.17) is 9.47 Å². The van der Waals surface area contributed by atoms with Crippen LogP contribution >= 0.6 is 0 Å². The molecule has 1 saturated carbocycles. The van der Waals surface area contributed by atoms with Crippen molar-refractivity contribution in [1.29, 1.82) is 0 Å². The first-order chi connectivity index (χ1) is 9.37. The first-order valence-corrected chi connectivity index (χ1v) is 7.74. The summed E-state index contributed by atoms with van der Waals surface area (Å²) in [5, 5.41) is 6.55. The monoisotopic (exact) mass is 284 g/mol. The quantitative estimate of drug-likeness (QED) is 0.831. The summed E-state index contributed by atoms with van der Waals surface area (Å²) in [5.74, 6) is 0. The SMILES string of the molecule is CCC1CC(NC2CC2NC(=O)OC(C)(C)C)CCO1. The zero-order valence-electron chi connectivity index (χ0n) is 13.1. The summed E-state index contributed by atoms with van der Waals surface area (Å²) < 4.78 is 10.9. The summed E-state index contributed by atoms with van der Waals surface area (Å²) >= 11 is 0. The molecule has 0 radical (unpaired) electrons. The third kappa shape index (κ3) is 4.94. The highest BCUT2D eigenvalue weighted by Gasteiger charge is 2.41. The van der Waals surface area contributed by atoms with E-state index in [0.717, 1.165) is 32.3 Å². The van der Waals surface area contributed by atoms with Crippen molar-refractivity contribution in [2.45, 2.75) is 83.2 Å². The van der Waals surface area contributed by atoms with E-state index >= 15 is 0 Å². The molecule has 0 aromatic rings. The van der Waals surface area contributed by atoms with Gasteiger partial charge in [-0.3, -0.25) is 0 Å². The summed E-state index contributed by atoms with van der Waals surface area (Å²) in [6.07, 6.45) is 4.27. The minimum Gasteiger partial charge on any atom is -0.444 e. The number of alkyl carbamates (subject to hydrolysis) is 1. The topological polar surface area (TPSA) is 59.6 Å². The van der Waals surface area contributed by atoms with Crippen LogP contribution in [0.15, 0.2) is 0 Å². The fourth-order valence-electron chi connectivity index (χ4n) is 2.62. The second-order valence-electron chi connectivity index (χ2n) is 6.88. The third-order valence-corrected chi connectivity index (χ3v) is 3.76. The van der Waals surface area contributed by atoms with Crippen LogP contribution in [0, 0.1) is 0 Å². The molecule has 1 amide bonds. The van der Waals surface area contributed by atoms with E-state index in [1.165, 1.54) is 0 Å². The van der Waals surface area contributed by atoms with E-state index in [1.807, 2.05) is 20.8 Å². The molecular weight excluding hydrogens is 256 g/mol. The van der Waals surface area contributed by atoms with Crippen molar-refractivity contribution in [3.63, 3.8) is 0 Å². The van der Waals surface area contributed by atoms with Crippen molar-refractivity contribution in [1.82, 2.24) is 10.6 Å². The second-order valence-corrected chi connectivity index (χ2v) is 6.88. The molecule has 0 spiro atoms. The number of nitrogens with one attached hydrogen (secondary N) is 2. The first-order valence-electron chi connectivity index (χ1n) is 7.74. The summed E-state index contributed by atoms with van der Waals surface area (Å²) in [7, 11) is 0. The van der Waals surface area contributed by atoms with Crippen molar-refractivity contribution in [3.8, 4) is 0 Å². The van der Waals surface area contributed by atoms with Gasteiger partial charge < -0.3 is 20.1 Å². The normalized spacial score (nSPS) is 33.6. The molecule has 0 aromatic heterocycles. The van der Waals surface area contributed by atoms with E-state index in [-0.39, 0.29) is 12.1 Å². The van der Waals surface area contributed by atoms with Crippen molar-refractivity contribution < 1.29 is 14.3 Å². The highest BCUT2D eigenvalue weighted by molar-refractivity contribution is 5.68. The van der Waals surface area contributed by atoms with Gasteiger partial charge in [-0.1, -0.05) is 6.92 Å². The lowest BCUT2D eigenvalue weighted by molar-refractivity contribution is -0.000527. The van der Waals surface area contributed by atoms with Crippen LogP contribution in [-0.4, -0.2) is 42.5 Å². The molecule has 4 atom stereocenters. The van der Waals surface area contributed by atoms with Gasteiger partial charge in [-0.25, -0.2) is 4.79 Å². The number of carbonyl (C=O) groups excluding carboxylic acids is 1. The van der Waals surface area contributed by atoms with E-state index in [9.17, 15) is 4.79 Å². The van der Waals surface area contributed by atoms with Crippen LogP contribution in [0.4, 0.5) is 4.79 Å². The highest BCUT2D eigenvalue weighted by Crippen LogP contribution is 2.25. The zero-order chi connectivity index (χ0) is 14.8. The van der Waals surface area contributed by atoms with Crippen molar-refractivity contribution in [3.05, 3.63) is 0 Å². The molecule has 5 nitrogen and oxygen atoms in total. The molecule has 2 aliphatic rings. The maximum absolute atomic E-state index is 11.7. The largest absolute Gasteiger partial charge is 0.444 e. The van der Waals surface area contributed by atoms with Gasteiger partial charge in [0.05, 0.1) is 6.10 Å². The Morgan fingerprint density at radius 1 is 1.30 bits per heavy atom. The summed E-state index contributed by atoms with van der Waals surface area (Å²) in [4.78, 5) is 11.7. The molecule has 1 saturated heterocycles. The van der Waals surface area contributed by atoms with Gasteiger partial charge in [-0.05, 0) is 46.5 Å². The van der Waals surface area contributed by atoms with E-state index in [1.54, 1.807) is 0 Å². The van der Waals surface area contributed by atoms with Gasteiger partial charge in [0, 0.05) is 24.7 Å². The Kier molecular flexibility index (Phi) is 4.91. The van der Waals surface area contributed by atoms with Crippen LogP contribution in [0.1, 0.15) is 53.4 Å². The van der Waals surface area contributed by atoms with Crippen molar-refractivity contribution in [2.24, 2.45) is 0 Å². The summed E-state index contributed by atoms with van der Waals surface area (Å²) in [5.41, 5.74) is -0.434. The van der Waals surface area contributed by atoms with Gasteiger partial charge in [0.1, 0.15) is 5.60 Å². The maximum Gasteiger partial charge on any atom is 0.407 e. The highest BCUT2D eigenvalue weighted by atomic mass is 16.6. The minimum absolute atomic E-state index is 0.216. The first kappa shape index (κ1) is 15.6. The molecule has 4 unspecified atom stereocenters. The predicted molar refractivity (Wildman–Crippen MR) is 77.8 cm³/mol. The minimum atomic E-state index is -0.434. The molecule has 0 bridgehead atoms. The van der Waals surface area contributed by atoms with Crippen molar-refractivity contribution >= 4 is 6.09 Å². The van der Waals surface area contributed by atoms with E-state index < -0.39 is 5.60 Å². The van der Waals surface area contributed by atoms with Crippen LogP contribution in [0.25, 0.3) is 0 Å². The molecule has 5 heteroatoms. The standard InChI is InChI=1S/C15H28N2O3/c1-5-11-8-10(6-7-19-11)16-12-9-13(12)17-14(18)20-15(2,3)4/h10-13,16H,5-9H2,1-4H3,(H,17,18). The Bertz CT molecular complexity index is 341. The number of rotatable bonds is 4. The fraction of sp³-hybridized carbons (Fsp3) is 0.933. The molecule has 20 heavy (non-hydrogen) atoms. The number of hydrogen-bond acceptors (Lipinski definition) is 4. The number of amides is 1. The maximum atomic E-state index is 11.7. The van der Waals surface area contributed by atoms with Crippen LogP contribution in [-0.2, 0) is 9.47 Å². The Balaban J connectivity index is 1.66. The number of carbonyl (C=O) groups is 1. The van der Waals surface area contributed by atoms with E-state index in [0.29, 0.717) is 18.2 Å². The predicted octanol–water partition coefficient (Wildman–Crippen LogP) is 2.20. The smallest absolute Gasteiger partial charge is 0.407 e. The Morgan fingerprint density at radius 3 is 2.70 bits per heavy atom. The molecule has 1 aliphatic heterocycles. The molecule has 2 fully saturated rings. The average molecular weight is 284 g/mol. The lowest BCUT2D eigenvalue weighted by atomic mass is 10.0. The molecule has 0 aromatic carbocycles. The molecular formula is C15H28N2O3. The lowest BCUT2D eigenvalue weighted by Crippen LogP contribution is -2.43. The number of ether oxygens (including phenoxy) is 2. The van der Waals surface area contributed by atoms with Gasteiger partial charge in [0.15, 0.2) is 0 Å².